The van der Waals surface area contributed by atoms with Gasteiger partial charge in [0.1, 0.15) is 5.82 Å². The molecule has 0 aliphatic heterocycles. The van der Waals surface area contributed by atoms with Gasteiger partial charge in [-0.2, -0.15) is 5.10 Å². The first-order valence-electron chi connectivity index (χ1n) is 10.5. The van der Waals surface area contributed by atoms with E-state index >= 15 is 0 Å². The molecular formula is C24H25N5O2S. The second-order valence-electron chi connectivity index (χ2n) is 7.62. The zero-order valence-corrected chi connectivity index (χ0v) is 19.1. The van der Waals surface area contributed by atoms with Crippen LogP contribution in [0.3, 0.4) is 0 Å². The summed E-state index contributed by atoms with van der Waals surface area (Å²) in [7, 11) is 0. The predicted molar refractivity (Wildman–Crippen MR) is 129 cm³/mol. The Kier molecular flexibility index (Phi) is 6.41. The van der Waals surface area contributed by atoms with Crippen LogP contribution in [0.25, 0.3) is 16.6 Å². The molecule has 0 fully saturated rings. The minimum atomic E-state index is -0.186. The second kappa shape index (κ2) is 9.40. The Balaban J connectivity index is 1.54. The van der Waals surface area contributed by atoms with E-state index in [2.05, 4.69) is 15.4 Å². The highest BCUT2D eigenvalue weighted by Crippen LogP contribution is 2.21. The van der Waals surface area contributed by atoms with Gasteiger partial charge in [0.05, 0.1) is 28.0 Å². The molecule has 0 radical (unpaired) electrons. The van der Waals surface area contributed by atoms with E-state index in [1.807, 2.05) is 69.3 Å². The fraction of sp³-hybridized carbons (Fsp3) is 0.250. The molecule has 0 saturated carbocycles. The van der Waals surface area contributed by atoms with E-state index in [1.165, 1.54) is 11.8 Å². The van der Waals surface area contributed by atoms with Crippen molar-refractivity contribution in [1.82, 2.24) is 19.3 Å². The molecule has 0 spiro atoms. The predicted octanol–water partition coefficient (Wildman–Crippen LogP) is 4.34. The number of anilines is 1. The van der Waals surface area contributed by atoms with Crippen LogP contribution in [-0.4, -0.2) is 31.0 Å². The Morgan fingerprint density at radius 3 is 2.59 bits per heavy atom. The Bertz CT molecular complexity index is 1320. The van der Waals surface area contributed by atoms with E-state index < -0.39 is 0 Å². The first-order valence-corrected chi connectivity index (χ1v) is 11.5. The molecule has 1 amide bonds. The molecule has 0 saturated heterocycles. The van der Waals surface area contributed by atoms with Gasteiger partial charge >= 0.3 is 0 Å². The number of aromatic nitrogens is 4. The number of carbonyl (C=O) groups is 1. The molecule has 4 rings (SSSR count). The number of nitrogens with zero attached hydrogens (tertiary/aromatic N) is 4. The van der Waals surface area contributed by atoms with Crippen molar-refractivity contribution in [2.45, 2.75) is 38.9 Å². The lowest BCUT2D eigenvalue weighted by atomic mass is 10.2. The van der Waals surface area contributed by atoms with Crippen molar-refractivity contribution in [2.75, 3.05) is 11.1 Å². The highest BCUT2D eigenvalue weighted by atomic mass is 32.2. The van der Waals surface area contributed by atoms with Crippen LogP contribution in [0.4, 0.5) is 5.82 Å². The highest BCUT2D eigenvalue weighted by Gasteiger charge is 2.15. The third-order valence-corrected chi connectivity index (χ3v) is 5.96. The molecule has 0 bridgehead atoms. The molecule has 0 atom stereocenters. The number of benzene rings is 2. The molecule has 2 heterocycles. The van der Waals surface area contributed by atoms with Crippen LogP contribution >= 0.6 is 11.8 Å². The molecule has 0 aliphatic rings. The lowest BCUT2D eigenvalue weighted by molar-refractivity contribution is -0.113. The van der Waals surface area contributed by atoms with Crippen molar-refractivity contribution < 1.29 is 4.79 Å². The number of aryl methyl sites for hydroxylation is 2. The van der Waals surface area contributed by atoms with Crippen LogP contribution in [0, 0.1) is 13.8 Å². The fourth-order valence-corrected chi connectivity index (χ4v) is 4.28. The van der Waals surface area contributed by atoms with Crippen LogP contribution in [0.1, 0.15) is 24.6 Å². The minimum absolute atomic E-state index is 0.0755. The molecule has 164 valence electrons. The first kappa shape index (κ1) is 21.8. The third-order valence-electron chi connectivity index (χ3n) is 4.98. The molecule has 0 aliphatic carbocycles. The molecular weight excluding hydrogens is 422 g/mol. The van der Waals surface area contributed by atoms with Gasteiger partial charge in [0.2, 0.25) is 5.91 Å². The van der Waals surface area contributed by atoms with Crippen molar-refractivity contribution in [1.29, 1.82) is 0 Å². The molecule has 8 heteroatoms. The van der Waals surface area contributed by atoms with Gasteiger partial charge in [0, 0.05) is 12.6 Å². The van der Waals surface area contributed by atoms with E-state index in [0.717, 1.165) is 23.4 Å². The van der Waals surface area contributed by atoms with Crippen molar-refractivity contribution in [3.63, 3.8) is 0 Å². The molecule has 2 aromatic heterocycles. The molecule has 0 unspecified atom stereocenters. The number of rotatable bonds is 7. The maximum absolute atomic E-state index is 12.9. The number of nitrogens with one attached hydrogen (secondary N) is 1. The maximum atomic E-state index is 12.9. The molecule has 1 N–H and O–H groups in total. The number of para-hydroxylation sites is 1. The second-order valence-corrected chi connectivity index (χ2v) is 8.57. The van der Waals surface area contributed by atoms with Gasteiger partial charge in [-0.3, -0.25) is 14.2 Å². The molecule has 7 nitrogen and oxygen atoms in total. The maximum Gasteiger partial charge on any atom is 0.262 e. The van der Waals surface area contributed by atoms with E-state index in [9.17, 15) is 9.59 Å². The standard InChI is InChI=1S/C24H25N5O2S/c1-4-13-28-23(31)19-7-5-6-8-20(19)25-24(28)32-15-22(30)26-21-14-17(3)27-29(21)18-11-9-16(2)10-12-18/h5-12,14H,4,13,15H2,1-3H3,(H,26,30). The smallest absolute Gasteiger partial charge is 0.262 e. The average Bonchev–Trinajstić information content (AvgIpc) is 3.15. The van der Waals surface area contributed by atoms with E-state index in [-0.39, 0.29) is 17.2 Å². The molecule has 4 aromatic rings. The Hall–Kier alpha value is -3.39. The zero-order valence-electron chi connectivity index (χ0n) is 18.3. The van der Waals surface area contributed by atoms with E-state index in [0.29, 0.717) is 28.4 Å². The van der Waals surface area contributed by atoms with Gasteiger partial charge in [-0.1, -0.05) is 48.5 Å². The van der Waals surface area contributed by atoms with Crippen molar-refractivity contribution in [3.05, 3.63) is 76.2 Å². The molecule has 2 aromatic carbocycles. The third kappa shape index (κ3) is 4.60. The van der Waals surface area contributed by atoms with Crippen LogP contribution in [0.5, 0.6) is 0 Å². The average molecular weight is 448 g/mol. The summed E-state index contributed by atoms with van der Waals surface area (Å²) in [6.07, 6.45) is 0.800. The number of carbonyl (C=O) groups excluding carboxylic acids is 1. The highest BCUT2D eigenvalue weighted by molar-refractivity contribution is 7.99. The normalized spacial score (nSPS) is 11.1. The van der Waals surface area contributed by atoms with Crippen LogP contribution < -0.4 is 10.9 Å². The first-order chi connectivity index (χ1) is 15.5. The summed E-state index contributed by atoms with van der Waals surface area (Å²) in [4.78, 5) is 30.3. The Labute approximate surface area is 190 Å². The monoisotopic (exact) mass is 447 g/mol. The lowest BCUT2D eigenvalue weighted by Crippen LogP contribution is -2.24. The number of fused-ring (bicyclic) bond motifs is 1. The number of thioether (sulfide) groups is 1. The lowest BCUT2D eigenvalue weighted by Gasteiger charge is -2.12. The van der Waals surface area contributed by atoms with E-state index in [4.69, 9.17) is 0 Å². The number of amides is 1. The van der Waals surface area contributed by atoms with Crippen LogP contribution in [0.15, 0.2) is 64.5 Å². The topological polar surface area (TPSA) is 81.8 Å². The number of hydrogen-bond donors (Lipinski definition) is 1. The summed E-state index contributed by atoms with van der Waals surface area (Å²) in [6, 6.07) is 17.1. The van der Waals surface area contributed by atoms with Gasteiger partial charge in [-0.25, -0.2) is 9.67 Å². The van der Waals surface area contributed by atoms with Crippen molar-refractivity contribution >= 4 is 34.4 Å². The summed E-state index contributed by atoms with van der Waals surface area (Å²) in [5.41, 5.74) is 3.40. The zero-order chi connectivity index (χ0) is 22.7. The summed E-state index contributed by atoms with van der Waals surface area (Å²) < 4.78 is 3.37. The van der Waals surface area contributed by atoms with Crippen LogP contribution in [-0.2, 0) is 11.3 Å². The van der Waals surface area contributed by atoms with E-state index in [1.54, 1.807) is 15.3 Å². The van der Waals surface area contributed by atoms with Crippen LogP contribution in [0.2, 0.25) is 0 Å². The van der Waals surface area contributed by atoms with Gasteiger partial charge in [-0.15, -0.1) is 0 Å². The SMILES string of the molecule is CCCn1c(SCC(=O)Nc2cc(C)nn2-c2ccc(C)cc2)nc2ccccc2c1=O. The quantitative estimate of drug-likeness (QED) is 0.337. The van der Waals surface area contributed by atoms with Gasteiger partial charge < -0.3 is 5.32 Å². The number of hydrogen-bond acceptors (Lipinski definition) is 5. The summed E-state index contributed by atoms with van der Waals surface area (Å²) in [5.74, 6) is 0.551. The fourth-order valence-electron chi connectivity index (χ4n) is 3.46. The summed E-state index contributed by atoms with van der Waals surface area (Å²) >= 11 is 1.26. The van der Waals surface area contributed by atoms with Gasteiger partial charge in [0.15, 0.2) is 5.16 Å². The van der Waals surface area contributed by atoms with Gasteiger partial charge in [-0.05, 0) is 44.5 Å². The Morgan fingerprint density at radius 1 is 1.09 bits per heavy atom. The minimum Gasteiger partial charge on any atom is -0.310 e. The molecule has 32 heavy (non-hydrogen) atoms. The van der Waals surface area contributed by atoms with Gasteiger partial charge in [0.25, 0.3) is 5.56 Å². The van der Waals surface area contributed by atoms with Crippen molar-refractivity contribution in [3.8, 4) is 5.69 Å². The summed E-state index contributed by atoms with van der Waals surface area (Å²) in [5, 5.41) is 8.59. The largest absolute Gasteiger partial charge is 0.310 e. The summed E-state index contributed by atoms with van der Waals surface area (Å²) in [6.45, 7) is 6.48. The van der Waals surface area contributed by atoms with Crippen molar-refractivity contribution in [2.24, 2.45) is 0 Å². The Morgan fingerprint density at radius 2 is 1.84 bits per heavy atom.